The average Bonchev–Trinajstić information content (AvgIpc) is 2.66. The summed E-state index contributed by atoms with van der Waals surface area (Å²) in [6, 6.07) is 18.7. The molecule has 0 saturated carbocycles. The quantitative estimate of drug-likeness (QED) is 0.401. The third kappa shape index (κ3) is 4.73. The Balaban J connectivity index is 1.69. The van der Waals surface area contributed by atoms with E-state index in [9.17, 15) is 4.79 Å². The molecule has 0 unspecified atom stereocenters. The first kappa shape index (κ1) is 17.8. The third-order valence-electron chi connectivity index (χ3n) is 3.37. The van der Waals surface area contributed by atoms with Crippen molar-refractivity contribution in [2.24, 2.45) is 0 Å². The number of nitrogens with two attached hydrogens (primary N) is 1. The highest BCUT2D eigenvalue weighted by Crippen LogP contribution is 2.26. The minimum Gasteiger partial charge on any atom is -0.464 e. The monoisotopic (exact) mass is 367 g/mol. The molecule has 1 heterocycles. The highest BCUT2D eigenvalue weighted by atomic mass is 32.2. The van der Waals surface area contributed by atoms with Crippen molar-refractivity contribution < 1.29 is 14.3 Å². The van der Waals surface area contributed by atoms with Gasteiger partial charge < -0.3 is 15.2 Å². The zero-order chi connectivity index (χ0) is 18.4. The largest absolute Gasteiger partial charge is 0.464 e. The molecule has 132 valence electrons. The summed E-state index contributed by atoms with van der Waals surface area (Å²) in [5.74, 6) is 1.82. The van der Waals surface area contributed by atoms with Crippen LogP contribution in [0, 0.1) is 0 Å². The summed E-state index contributed by atoms with van der Waals surface area (Å²) in [5, 5.41) is 0.416. The lowest BCUT2D eigenvalue weighted by atomic mass is 10.2. The van der Waals surface area contributed by atoms with E-state index in [1.165, 1.54) is 24.9 Å². The number of methoxy groups -OCH3 is 1. The number of ether oxygens (including phenoxy) is 2. The lowest BCUT2D eigenvalue weighted by molar-refractivity contribution is 0.0593. The molecule has 0 aliphatic rings. The van der Waals surface area contributed by atoms with Crippen LogP contribution in [0.25, 0.3) is 0 Å². The molecule has 0 saturated heterocycles. The maximum atomic E-state index is 11.6. The van der Waals surface area contributed by atoms with Crippen molar-refractivity contribution in [1.29, 1.82) is 0 Å². The third-order valence-corrected chi connectivity index (χ3v) is 4.28. The van der Waals surface area contributed by atoms with Crippen LogP contribution in [0.15, 0.2) is 65.8 Å². The van der Waals surface area contributed by atoms with Gasteiger partial charge in [-0.3, -0.25) is 0 Å². The Morgan fingerprint density at radius 3 is 2.58 bits per heavy atom. The van der Waals surface area contributed by atoms with Gasteiger partial charge in [0.2, 0.25) is 0 Å². The standard InChI is InChI=1S/C19H17N3O3S/c1-24-18(23)16-11-17(20)22-19(21-16)26-12-13-6-5-9-15(10-13)25-14-7-3-2-4-8-14/h2-11H,12H2,1H3,(H2,20,21,22). The van der Waals surface area contributed by atoms with E-state index >= 15 is 0 Å². The van der Waals surface area contributed by atoms with Crippen molar-refractivity contribution in [1.82, 2.24) is 9.97 Å². The van der Waals surface area contributed by atoms with Gasteiger partial charge in [0.25, 0.3) is 0 Å². The minimum absolute atomic E-state index is 0.142. The van der Waals surface area contributed by atoms with Crippen molar-refractivity contribution in [3.05, 3.63) is 71.9 Å². The van der Waals surface area contributed by atoms with E-state index in [4.69, 9.17) is 10.5 Å². The summed E-state index contributed by atoms with van der Waals surface area (Å²) in [7, 11) is 1.30. The highest BCUT2D eigenvalue weighted by Gasteiger charge is 2.11. The zero-order valence-electron chi connectivity index (χ0n) is 14.1. The normalized spacial score (nSPS) is 10.3. The summed E-state index contributed by atoms with van der Waals surface area (Å²) in [6.45, 7) is 0. The molecule has 0 radical (unpaired) electrons. The molecule has 2 N–H and O–H groups in total. The fraction of sp³-hybridized carbons (Fsp3) is 0.105. The van der Waals surface area contributed by atoms with Gasteiger partial charge in [0.1, 0.15) is 17.3 Å². The van der Waals surface area contributed by atoms with E-state index in [1.54, 1.807) is 0 Å². The molecule has 2 aromatic carbocycles. The Hall–Kier alpha value is -3.06. The van der Waals surface area contributed by atoms with Crippen molar-refractivity contribution in [3.8, 4) is 11.5 Å². The summed E-state index contributed by atoms with van der Waals surface area (Å²) >= 11 is 1.38. The molecule has 7 heteroatoms. The number of carbonyl (C=O) groups excluding carboxylic acids is 1. The molecule has 0 amide bonds. The molecule has 3 rings (SSSR count). The molecule has 0 bridgehead atoms. The summed E-state index contributed by atoms with van der Waals surface area (Å²) in [5.41, 5.74) is 6.92. The van der Waals surface area contributed by atoms with Gasteiger partial charge in [-0.25, -0.2) is 14.8 Å². The number of benzene rings is 2. The number of nitrogen functional groups attached to an aromatic ring is 1. The lowest BCUT2D eigenvalue weighted by Gasteiger charge is -2.08. The van der Waals surface area contributed by atoms with Gasteiger partial charge in [0.15, 0.2) is 10.9 Å². The van der Waals surface area contributed by atoms with Gasteiger partial charge in [-0.1, -0.05) is 42.1 Å². The Kier molecular flexibility index (Phi) is 5.70. The number of para-hydroxylation sites is 1. The van der Waals surface area contributed by atoms with Gasteiger partial charge in [0, 0.05) is 11.8 Å². The number of hydrogen-bond donors (Lipinski definition) is 1. The maximum Gasteiger partial charge on any atom is 0.356 e. The molecule has 0 fully saturated rings. The Morgan fingerprint density at radius 2 is 1.81 bits per heavy atom. The molecule has 0 spiro atoms. The first-order chi connectivity index (χ1) is 12.6. The van der Waals surface area contributed by atoms with E-state index in [0.29, 0.717) is 10.9 Å². The Labute approximate surface area is 155 Å². The van der Waals surface area contributed by atoms with Crippen molar-refractivity contribution in [2.45, 2.75) is 10.9 Å². The minimum atomic E-state index is -0.542. The van der Waals surface area contributed by atoms with Gasteiger partial charge in [-0.05, 0) is 29.8 Å². The van der Waals surface area contributed by atoms with Gasteiger partial charge >= 0.3 is 5.97 Å². The van der Waals surface area contributed by atoms with Crippen LogP contribution in [0.1, 0.15) is 16.1 Å². The molecule has 3 aromatic rings. The van der Waals surface area contributed by atoms with Crippen LogP contribution < -0.4 is 10.5 Å². The predicted molar refractivity (Wildman–Crippen MR) is 100 cm³/mol. The number of esters is 1. The van der Waals surface area contributed by atoms with Crippen LogP contribution in [0.2, 0.25) is 0 Å². The first-order valence-electron chi connectivity index (χ1n) is 7.81. The molecule has 26 heavy (non-hydrogen) atoms. The highest BCUT2D eigenvalue weighted by molar-refractivity contribution is 7.98. The second-order valence-electron chi connectivity index (χ2n) is 5.30. The number of rotatable bonds is 6. The van der Waals surface area contributed by atoms with E-state index in [2.05, 4.69) is 14.7 Å². The zero-order valence-corrected chi connectivity index (χ0v) is 14.9. The predicted octanol–water partition coefficient (Wildman–Crippen LogP) is 3.93. The van der Waals surface area contributed by atoms with E-state index in [-0.39, 0.29) is 11.5 Å². The molecular formula is C19H17N3O3S. The van der Waals surface area contributed by atoms with Crippen molar-refractivity contribution in [2.75, 3.05) is 12.8 Å². The molecule has 6 nitrogen and oxygen atoms in total. The van der Waals surface area contributed by atoms with Crippen molar-refractivity contribution in [3.63, 3.8) is 0 Å². The van der Waals surface area contributed by atoms with Crippen LogP contribution >= 0.6 is 11.8 Å². The molecular weight excluding hydrogens is 350 g/mol. The van der Waals surface area contributed by atoms with Crippen LogP contribution in [0.3, 0.4) is 0 Å². The molecule has 0 aliphatic carbocycles. The summed E-state index contributed by atoms with van der Waals surface area (Å²) < 4.78 is 10.5. The summed E-state index contributed by atoms with van der Waals surface area (Å²) in [4.78, 5) is 19.9. The summed E-state index contributed by atoms with van der Waals surface area (Å²) in [6.07, 6.45) is 0. The number of anilines is 1. The SMILES string of the molecule is COC(=O)c1cc(N)nc(SCc2cccc(Oc3ccccc3)c2)n1. The van der Waals surface area contributed by atoms with Gasteiger partial charge in [0.05, 0.1) is 7.11 Å². The first-order valence-corrected chi connectivity index (χ1v) is 8.80. The topological polar surface area (TPSA) is 87.3 Å². The van der Waals surface area contributed by atoms with E-state index < -0.39 is 5.97 Å². The van der Waals surface area contributed by atoms with Gasteiger partial charge in [-0.15, -0.1) is 0 Å². The average molecular weight is 367 g/mol. The van der Waals surface area contributed by atoms with E-state index in [1.807, 2.05) is 54.6 Å². The fourth-order valence-electron chi connectivity index (χ4n) is 2.19. The second-order valence-corrected chi connectivity index (χ2v) is 6.25. The van der Waals surface area contributed by atoms with Crippen LogP contribution in [-0.4, -0.2) is 23.0 Å². The molecule has 0 aliphatic heterocycles. The maximum absolute atomic E-state index is 11.6. The Morgan fingerprint density at radius 1 is 1.04 bits per heavy atom. The number of carbonyl (C=O) groups is 1. The van der Waals surface area contributed by atoms with E-state index in [0.717, 1.165) is 17.1 Å². The number of thioether (sulfide) groups is 1. The lowest BCUT2D eigenvalue weighted by Crippen LogP contribution is -2.07. The van der Waals surface area contributed by atoms with Crippen molar-refractivity contribution >= 4 is 23.5 Å². The number of aromatic nitrogens is 2. The smallest absolute Gasteiger partial charge is 0.356 e. The number of nitrogens with zero attached hydrogens (tertiary/aromatic N) is 2. The van der Waals surface area contributed by atoms with Crippen LogP contribution in [-0.2, 0) is 10.5 Å². The van der Waals surface area contributed by atoms with Crippen LogP contribution in [0.5, 0.6) is 11.5 Å². The molecule has 1 aromatic heterocycles. The Bertz CT molecular complexity index is 904. The number of hydrogen-bond acceptors (Lipinski definition) is 7. The van der Waals surface area contributed by atoms with Gasteiger partial charge in [-0.2, -0.15) is 0 Å². The second kappa shape index (κ2) is 8.35. The molecule has 0 atom stereocenters. The van der Waals surface area contributed by atoms with Crippen LogP contribution in [0.4, 0.5) is 5.82 Å². The fourth-order valence-corrected chi connectivity index (χ4v) is 3.00.